The lowest BCUT2D eigenvalue weighted by molar-refractivity contribution is -0.0511. The minimum atomic E-state index is -1.25. The molecule has 1 saturated heterocycles. The lowest BCUT2D eigenvalue weighted by atomic mass is 10.1. The molecule has 0 bridgehead atoms. The van der Waals surface area contributed by atoms with Gasteiger partial charge in [-0.05, 0) is 12.3 Å². The summed E-state index contributed by atoms with van der Waals surface area (Å²) in [6.45, 7) is 3.03. The number of fused-ring (bicyclic) bond motifs is 1. The van der Waals surface area contributed by atoms with E-state index in [2.05, 4.69) is 33.7 Å². The number of rotatable bonds is 9. The molecule has 2 aromatic rings. The fourth-order valence-electron chi connectivity index (χ4n) is 3.29. The highest BCUT2D eigenvalue weighted by molar-refractivity contribution is 5.82. The van der Waals surface area contributed by atoms with Crippen molar-refractivity contribution in [3.05, 3.63) is 12.2 Å². The Hall–Kier alpha value is -2.29. The number of imidazole rings is 1. The van der Waals surface area contributed by atoms with E-state index in [1.165, 1.54) is 30.2 Å². The molecule has 10 heteroatoms. The van der Waals surface area contributed by atoms with E-state index in [0.29, 0.717) is 24.2 Å². The molecule has 1 fully saturated rings. The molecule has 0 aromatic carbocycles. The molecule has 2 aromatic heterocycles. The van der Waals surface area contributed by atoms with Crippen molar-refractivity contribution < 1.29 is 24.8 Å². The number of unbranched alkanes of at least 4 members (excludes halogenated alkanes) is 3. The molecule has 0 saturated carbocycles. The Morgan fingerprint density at radius 2 is 2.03 bits per heavy atom. The molecule has 5 N–H and O–H groups in total. The van der Waals surface area contributed by atoms with Crippen LogP contribution in [0.3, 0.4) is 0 Å². The zero-order chi connectivity index (χ0) is 21.5. The van der Waals surface area contributed by atoms with E-state index in [0.717, 1.165) is 13.0 Å². The van der Waals surface area contributed by atoms with Crippen molar-refractivity contribution in [3.63, 3.8) is 0 Å². The van der Waals surface area contributed by atoms with E-state index in [-0.39, 0.29) is 11.6 Å². The highest BCUT2D eigenvalue weighted by Gasteiger charge is 2.44. The molecule has 3 heterocycles. The van der Waals surface area contributed by atoms with Gasteiger partial charge in [0.1, 0.15) is 23.8 Å². The molecule has 1 aliphatic rings. The maximum Gasteiger partial charge on any atom is 0.208 e. The molecule has 0 radical (unpaired) electrons. The van der Waals surface area contributed by atoms with Gasteiger partial charge in [-0.3, -0.25) is 4.57 Å². The van der Waals surface area contributed by atoms with Crippen LogP contribution in [0.25, 0.3) is 11.2 Å². The number of hydrogen-bond donors (Lipinski definition) is 4. The molecule has 0 spiro atoms. The highest BCUT2D eigenvalue weighted by Crippen LogP contribution is 2.31. The molecule has 10 nitrogen and oxygen atoms in total. The Morgan fingerprint density at radius 3 is 2.77 bits per heavy atom. The standard InChI is InChI=1S/C20H29N5O5/c1-2-3-4-6-9-29-10-7-5-8-14-23-18(21)15-19(24-14)25(12-22-15)20-17(28)16(27)13(11-26)30-20/h12-13,16-17,20,26-28H,2-4,6-7,9-11H2,1H3,(H2,21,23,24)/t13-,16-,17-,20-/m1/s1. The molecular weight excluding hydrogens is 390 g/mol. The third-order valence-corrected chi connectivity index (χ3v) is 4.95. The molecule has 4 atom stereocenters. The summed E-state index contributed by atoms with van der Waals surface area (Å²) >= 11 is 0. The van der Waals surface area contributed by atoms with Gasteiger partial charge in [0.25, 0.3) is 0 Å². The molecule has 30 heavy (non-hydrogen) atoms. The van der Waals surface area contributed by atoms with Gasteiger partial charge in [0.15, 0.2) is 17.7 Å². The average Bonchev–Trinajstić information content (AvgIpc) is 3.28. The summed E-state index contributed by atoms with van der Waals surface area (Å²) in [5.41, 5.74) is 6.65. The smallest absolute Gasteiger partial charge is 0.208 e. The summed E-state index contributed by atoms with van der Waals surface area (Å²) < 4.78 is 12.6. The fourth-order valence-corrected chi connectivity index (χ4v) is 3.29. The lowest BCUT2D eigenvalue weighted by Crippen LogP contribution is -2.33. The quantitative estimate of drug-likeness (QED) is 0.334. The minimum absolute atomic E-state index is 0.155. The van der Waals surface area contributed by atoms with Crippen LogP contribution >= 0.6 is 0 Å². The number of hydrogen-bond acceptors (Lipinski definition) is 9. The first-order valence-electron chi connectivity index (χ1n) is 10.3. The lowest BCUT2D eigenvalue weighted by Gasteiger charge is -2.16. The van der Waals surface area contributed by atoms with Gasteiger partial charge in [0.05, 0.1) is 19.5 Å². The van der Waals surface area contributed by atoms with Crippen LogP contribution in [0.5, 0.6) is 0 Å². The van der Waals surface area contributed by atoms with Crippen molar-refractivity contribution in [3.8, 4) is 11.8 Å². The highest BCUT2D eigenvalue weighted by atomic mass is 16.6. The number of anilines is 1. The predicted molar refractivity (Wildman–Crippen MR) is 109 cm³/mol. The van der Waals surface area contributed by atoms with Crippen molar-refractivity contribution in [2.24, 2.45) is 0 Å². The van der Waals surface area contributed by atoms with Gasteiger partial charge in [0.2, 0.25) is 5.82 Å². The Bertz CT molecular complexity index is 893. The molecule has 0 amide bonds. The van der Waals surface area contributed by atoms with Crippen molar-refractivity contribution in [2.75, 3.05) is 25.6 Å². The minimum Gasteiger partial charge on any atom is -0.394 e. The molecule has 164 valence electrons. The number of nitrogens with zero attached hydrogens (tertiary/aromatic N) is 4. The maximum atomic E-state index is 10.3. The summed E-state index contributed by atoms with van der Waals surface area (Å²) in [5.74, 6) is 6.21. The van der Waals surface area contributed by atoms with Gasteiger partial charge in [-0.1, -0.05) is 32.1 Å². The second-order valence-corrected chi connectivity index (χ2v) is 7.21. The summed E-state index contributed by atoms with van der Waals surface area (Å²) in [5, 5.41) is 29.6. The monoisotopic (exact) mass is 419 g/mol. The zero-order valence-electron chi connectivity index (χ0n) is 17.1. The Balaban J connectivity index is 1.66. The van der Waals surface area contributed by atoms with Crippen LogP contribution in [-0.2, 0) is 9.47 Å². The Morgan fingerprint density at radius 1 is 1.20 bits per heavy atom. The Kier molecular flexibility index (Phi) is 7.95. The van der Waals surface area contributed by atoms with Crippen LogP contribution in [0.1, 0.15) is 51.1 Å². The molecular formula is C20H29N5O5. The van der Waals surface area contributed by atoms with E-state index in [1.54, 1.807) is 0 Å². The number of nitrogen functional groups attached to an aromatic ring is 1. The summed E-state index contributed by atoms with van der Waals surface area (Å²) in [6.07, 6.45) is 2.28. The molecule has 1 aliphatic heterocycles. The number of nitrogens with two attached hydrogens (primary N) is 1. The van der Waals surface area contributed by atoms with Gasteiger partial charge in [-0.15, -0.1) is 0 Å². The van der Waals surface area contributed by atoms with Gasteiger partial charge in [-0.25, -0.2) is 15.0 Å². The first-order valence-corrected chi connectivity index (χ1v) is 10.3. The number of aliphatic hydroxyl groups is 3. The van der Waals surface area contributed by atoms with Crippen LogP contribution < -0.4 is 5.73 Å². The summed E-state index contributed by atoms with van der Waals surface area (Å²) in [6, 6.07) is 0. The number of ether oxygens (including phenoxy) is 2. The van der Waals surface area contributed by atoms with Crippen molar-refractivity contribution >= 4 is 17.0 Å². The summed E-state index contributed by atoms with van der Waals surface area (Å²) in [4.78, 5) is 12.7. The fraction of sp³-hybridized carbons (Fsp3) is 0.650. The molecule has 0 unspecified atom stereocenters. The van der Waals surface area contributed by atoms with Crippen LogP contribution in [0.2, 0.25) is 0 Å². The normalized spacial score (nSPS) is 23.6. The predicted octanol–water partition coefficient (Wildman–Crippen LogP) is 0.358. The SMILES string of the molecule is CCCCCCOCCC#Cc1nc(N)c2ncn([C@@H]3O[C@H](CO)[C@@H](O)[C@H]3O)c2n1. The van der Waals surface area contributed by atoms with E-state index in [1.807, 2.05) is 0 Å². The number of aliphatic hydroxyl groups excluding tert-OH is 3. The second-order valence-electron chi connectivity index (χ2n) is 7.21. The largest absolute Gasteiger partial charge is 0.394 e. The second kappa shape index (κ2) is 10.7. The molecule has 3 rings (SSSR count). The van der Waals surface area contributed by atoms with Crippen LogP contribution in [0, 0.1) is 11.8 Å². The summed E-state index contributed by atoms with van der Waals surface area (Å²) in [7, 11) is 0. The van der Waals surface area contributed by atoms with Crippen molar-refractivity contribution in [1.82, 2.24) is 19.5 Å². The molecule has 0 aliphatic carbocycles. The maximum absolute atomic E-state index is 10.3. The van der Waals surface area contributed by atoms with E-state index >= 15 is 0 Å². The van der Waals surface area contributed by atoms with Gasteiger partial charge >= 0.3 is 0 Å². The third-order valence-electron chi connectivity index (χ3n) is 4.95. The zero-order valence-corrected chi connectivity index (χ0v) is 17.1. The topological polar surface area (TPSA) is 149 Å². The Labute approximate surface area is 175 Å². The first kappa shape index (κ1) is 22.4. The van der Waals surface area contributed by atoms with Crippen LogP contribution in [0.4, 0.5) is 5.82 Å². The van der Waals surface area contributed by atoms with E-state index in [4.69, 9.17) is 15.2 Å². The van der Waals surface area contributed by atoms with Crippen molar-refractivity contribution in [2.45, 2.75) is 63.6 Å². The third kappa shape index (κ3) is 5.06. The van der Waals surface area contributed by atoms with Crippen molar-refractivity contribution in [1.29, 1.82) is 0 Å². The number of aromatic nitrogens is 4. The van der Waals surface area contributed by atoms with Gasteiger partial charge in [-0.2, -0.15) is 0 Å². The van der Waals surface area contributed by atoms with E-state index < -0.39 is 31.1 Å². The van der Waals surface area contributed by atoms with Gasteiger partial charge < -0.3 is 30.5 Å². The van der Waals surface area contributed by atoms with E-state index in [9.17, 15) is 15.3 Å². The van der Waals surface area contributed by atoms with Gasteiger partial charge in [0, 0.05) is 13.0 Å². The van der Waals surface area contributed by atoms with Crippen LogP contribution in [0.15, 0.2) is 6.33 Å². The average molecular weight is 419 g/mol. The first-order chi connectivity index (χ1) is 14.6. The van der Waals surface area contributed by atoms with Crippen LogP contribution in [-0.4, -0.2) is 73.0 Å².